The average molecular weight is 290 g/mol. The zero-order valence-electron chi connectivity index (χ0n) is 11.3. The molecule has 0 saturated heterocycles. The highest BCUT2D eigenvalue weighted by Crippen LogP contribution is 2.26. The molecule has 8 heteroatoms. The van der Waals surface area contributed by atoms with E-state index in [2.05, 4.69) is 20.3 Å². The van der Waals surface area contributed by atoms with E-state index in [1.165, 1.54) is 24.5 Å². The van der Waals surface area contributed by atoms with E-state index in [4.69, 9.17) is 0 Å². The van der Waals surface area contributed by atoms with Crippen LogP contribution in [0.5, 0.6) is 0 Å². The molecule has 2 aromatic rings. The first-order chi connectivity index (χ1) is 10.1. The Morgan fingerprint density at radius 3 is 2.86 bits per heavy atom. The molecule has 2 rings (SSSR count). The zero-order chi connectivity index (χ0) is 15.2. The third kappa shape index (κ3) is 3.56. The molecule has 0 fully saturated rings. The fourth-order valence-electron chi connectivity index (χ4n) is 1.75. The molecule has 0 aliphatic rings. The predicted molar refractivity (Wildman–Crippen MR) is 74.9 cm³/mol. The van der Waals surface area contributed by atoms with Crippen LogP contribution in [0.25, 0.3) is 0 Å². The first-order valence-corrected chi connectivity index (χ1v) is 6.31. The lowest BCUT2D eigenvalue weighted by Gasteiger charge is -2.07. The van der Waals surface area contributed by atoms with Crippen molar-refractivity contribution in [2.75, 3.05) is 11.9 Å². The van der Waals surface area contributed by atoms with Crippen molar-refractivity contribution >= 4 is 17.3 Å². The van der Waals surface area contributed by atoms with Gasteiger partial charge in [0.15, 0.2) is 0 Å². The van der Waals surface area contributed by atoms with E-state index in [1.54, 1.807) is 13.0 Å². The van der Waals surface area contributed by atoms with Gasteiger partial charge in [-0.15, -0.1) is 0 Å². The minimum atomic E-state index is -0.534. The van der Waals surface area contributed by atoms with Gasteiger partial charge in [-0.2, -0.15) is 0 Å². The molecule has 8 nitrogen and oxygen atoms in total. The quantitative estimate of drug-likeness (QED) is 0.621. The van der Waals surface area contributed by atoms with Crippen LogP contribution in [0.2, 0.25) is 0 Å². The topological polar surface area (TPSA) is 110 Å². The number of aromatic nitrogens is 1. The minimum absolute atomic E-state index is 0.165. The third-order valence-electron chi connectivity index (χ3n) is 2.75. The first-order valence-electron chi connectivity index (χ1n) is 6.31. The minimum Gasteiger partial charge on any atom is -0.374 e. The molecule has 0 aliphatic heterocycles. The summed E-state index contributed by atoms with van der Waals surface area (Å²) in [6, 6.07) is 5.93. The van der Waals surface area contributed by atoms with E-state index in [0.29, 0.717) is 17.9 Å². The second kappa shape index (κ2) is 6.51. The molecule has 1 aromatic carbocycles. The molecular weight excluding hydrogens is 276 g/mol. The molecule has 0 atom stereocenters. The lowest BCUT2D eigenvalue weighted by molar-refractivity contribution is -0.384. The lowest BCUT2D eigenvalue weighted by Crippen LogP contribution is -2.22. The Morgan fingerprint density at radius 1 is 1.43 bits per heavy atom. The van der Waals surface area contributed by atoms with Crippen molar-refractivity contribution in [3.05, 3.63) is 51.9 Å². The number of benzene rings is 1. The van der Waals surface area contributed by atoms with Crippen LogP contribution in [0, 0.1) is 10.1 Å². The summed E-state index contributed by atoms with van der Waals surface area (Å²) in [5.41, 5.74) is 1.02. The molecule has 0 saturated carbocycles. The van der Waals surface area contributed by atoms with E-state index in [9.17, 15) is 14.9 Å². The van der Waals surface area contributed by atoms with E-state index in [1.807, 2.05) is 0 Å². The van der Waals surface area contributed by atoms with Crippen LogP contribution in [-0.2, 0) is 6.54 Å². The standard InChI is InChI=1S/C13H14N4O4/c1-2-14-13(18)9-3-4-11(12(7-9)17(19)20)15-8-10-5-6-21-16-10/h3-7,15H,2,8H2,1H3,(H,14,18). The highest BCUT2D eigenvalue weighted by molar-refractivity contribution is 5.95. The second-order valence-electron chi connectivity index (χ2n) is 4.19. The summed E-state index contributed by atoms with van der Waals surface area (Å²) in [7, 11) is 0. The number of nitrogens with one attached hydrogen (secondary N) is 2. The molecule has 110 valence electrons. The van der Waals surface area contributed by atoms with Crippen molar-refractivity contribution in [3.8, 4) is 0 Å². The summed E-state index contributed by atoms with van der Waals surface area (Å²) >= 11 is 0. The summed E-state index contributed by atoms with van der Waals surface area (Å²) < 4.78 is 4.68. The predicted octanol–water partition coefficient (Wildman–Crippen LogP) is 1.94. The molecule has 0 spiro atoms. The number of carbonyl (C=O) groups excluding carboxylic acids is 1. The van der Waals surface area contributed by atoms with Crippen LogP contribution in [0.3, 0.4) is 0 Å². The Morgan fingerprint density at radius 2 is 2.24 bits per heavy atom. The maximum absolute atomic E-state index is 11.7. The maximum atomic E-state index is 11.7. The van der Waals surface area contributed by atoms with E-state index in [-0.39, 0.29) is 23.7 Å². The van der Waals surface area contributed by atoms with Crippen LogP contribution in [0.4, 0.5) is 11.4 Å². The number of rotatable bonds is 6. The normalized spacial score (nSPS) is 10.1. The van der Waals surface area contributed by atoms with Gasteiger partial charge in [0.05, 0.1) is 11.5 Å². The van der Waals surface area contributed by atoms with Crippen molar-refractivity contribution in [2.24, 2.45) is 0 Å². The van der Waals surface area contributed by atoms with Gasteiger partial charge in [0.2, 0.25) is 0 Å². The van der Waals surface area contributed by atoms with E-state index < -0.39 is 4.92 Å². The summed E-state index contributed by atoms with van der Waals surface area (Å²) in [4.78, 5) is 22.3. The number of amides is 1. The zero-order valence-corrected chi connectivity index (χ0v) is 11.3. The lowest BCUT2D eigenvalue weighted by atomic mass is 10.1. The molecule has 1 heterocycles. The van der Waals surface area contributed by atoms with Crippen molar-refractivity contribution in [1.29, 1.82) is 0 Å². The van der Waals surface area contributed by atoms with Gasteiger partial charge in [0, 0.05) is 24.2 Å². The van der Waals surface area contributed by atoms with E-state index >= 15 is 0 Å². The summed E-state index contributed by atoms with van der Waals surface area (Å²) in [5.74, 6) is -0.344. The molecule has 0 bridgehead atoms. The van der Waals surface area contributed by atoms with Crippen molar-refractivity contribution < 1.29 is 14.2 Å². The van der Waals surface area contributed by atoms with Crippen LogP contribution >= 0.6 is 0 Å². The number of hydrogen-bond acceptors (Lipinski definition) is 6. The van der Waals surface area contributed by atoms with E-state index in [0.717, 1.165) is 0 Å². The van der Waals surface area contributed by atoms with Gasteiger partial charge in [0.1, 0.15) is 17.6 Å². The second-order valence-corrected chi connectivity index (χ2v) is 4.19. The van der Waals surface area contributed by atoms with Gasteiger partial charge in [-0.1, -0.05) is 5.16 Å². The number of carbonyl (C=O) groups is 1. The van der Waals surface area contributed by atoms with Crippen molar-refractivity contribution in [1.82, 2.24) is 10.5 Å². The third-order valence-corrected chi connectivity index (χ3v) is 2.75. The molecular formula is C13H14N4O4. The van der Waals surface area contributed by atoms with Gasteiger partial charge >= 0.3 is 0 Å². The smallest absolute Gasteiger partial charge is 0.293 e. The highest BCUT2D eigenvalue weighted by atomic mass is 16.6. The average Bonchev–Trinajstić information content (AvgIpc) is 2.98. The van der Waals surface area contributed by atoms with Crippen molar-refractivity contribution in [2.45, 2.75) is 13.5 Å². The largest absolute Gasteiger partial charge is 0.374 e. The van der Waals surface area contributed by atoms with Gasteiger partial charge in [0.25, 0.3) is 11.6 Å². The van der Waals surface area contributed by atoms with Crippen LogP contribution < -0.4 is 10.6 Å². The first kappa shape index (κ1) is 14.5. The molecule has 0 unspecified atom stereocenters. The summed E-state index contributed by atoms with van der Waals surface area (Å²) in [5, 5.41) is 20.3. The van der Waals surface area contributed by atoms with Gasteiger partial charge < -0.3 is 15.2 Å². The number of hydrogen-bond donors (Lipinski definition) is 2. The van der Waals surface area contributed by atoms with Crippen LogP contribution in [-0.4, -0.2) is 22.5 Å². The number of anilines is 1. The fourth-order valence-corrected chi connectivity index (χ4v) is 1.75. The van der Waals surface area contributed by atoms with Crippen molar-refractivity contribution in [3.63, 3.8) is 0 Å². The summed E-state index contributed by atoms with van der Waals surface area (Å²) in [6.07, 6.45) is 1.42. The Bertz CT molecular complexity index is 640. The number of nitro groups is 1. The molecule has 1 amide bonds. The monoisotopic (exact) mass is 290 g/mol. The maximum Gasteiger partial charge on any atom is 0.293 e. The fraction of sp³-hybridized carbons (Fsp3) is 0.231. The Balaban J connectivity index is 2.20. The Kier molecular flexibility index (Phi) is 4.50. The van der Waals surface area contributed by atoms with Crippen LogP contribution in [0.15, 0.2) is 35.1 Å². The summed E-state index contributed by atoms with van der Waals surface area (Å²) in [6.45, 7) is 2.52. The highest BCUT2D eigenvalue weighted by Gasteiger charge is 2.17. The van der Waals surface area contributed by atoms with Gasteiger partial charge in [-0.3, -0.25) is 14.9 Å². The molecule has 0 radical (unpaired) electrons. The van der Waals surface area contributed by atoms with Crippen LogP contribution in [0.1, 0.15) is 23.0 Å². The molecule has 2 N–H and O–H groups in total. The Hall–Kier alpha value is -2.90. The molecule has 0 aliphatic carbocycles. The van der Waals surface area contributed by atoms with Gasteiger partial charge in [-0.25, -0.2) is 0 Å². The molecule has 21 heavy (non-hydrogen) atoms. The SMILES string of the molecule is CCNC(=O)c1ccc(NCc2ccon2)c([N+](=O)[O-])c1. The molecule has 1 aromatic heterocycles. The van der Waals surface area contributed by atoms with Gasteiger partial charge in [-0.05, 0) is 19.1 Å². The number of nitro benzene ring substituents is 1. The Labute approximate surface area is 120 Å². The number of nitrogens with zero attached hydrogens (tertiary/aromatic N) is 2.